The van der Waals surface area contributed by atoms with Crippen molar-refractivity contribution in [2.75, 3.05) is 26.2 Å². The Balaban J connectivity index is 1.50. The van der Waals surface area contributed by atoms with Crippen LogP contribution in [0, 0.1) is 5.92 Å². The summed E-state index contributed by atoms with van der Waals surface area (Å²) >= 11 is 0. The number of nitrogens with zero attached hydrogens (tertiary/aromatic N) is 2. The molecule has 3 rings (SSSR count). The van der Waals surface area contributed by atoms with E-state index in [0.29, 0.717) is 25.2 Å². The van der Waals surface area contributed by atoms with Gasteiger partial charge in [0, 0.05) is 51.1 Å². The van der Waals surface area contributed by atoms with Crippen molar-refractivity contribution in [2.45, 2.75) is 52.0 Å². The Kier molecular flexibility index (Phi) is 7.06. The van der Waals surface area contributed by atoms with Gasteiger partial charge in [0.15, 0.2) is 0 Å². The second-order valence-corrected chi connectivity index (χ2v) is 7.91. The van der Waals surface area contributed by atoms with E-state index in [1.54, 1.807) is 0 Å². The number of benzene rings is 1. The van der Waals surface area contributed by atoms with E-state index in [9.17, 15) is 14.4 Å². The highest BCUT2D eigenvalue weighted by Gasteiger charge is 2.30. The molecule has 0 unspecified atom stereocenters. The van der Waals surface area contributed by atoms with Gasteiger partial charge in [-0.25, -0.2) is 0 Å². The number of rotatable bonds is 4. The number of carbonyl (C=O) groups excluding carboxylic acids is 3. The summed E-state index contributed by atoms with van der Waals surface area (Å²) in [6, 6.07) is 7.37. The molecule has 0 aromatic heterocycles. The van der Waals surface area contributed by atoms with Gasteiger partial charge in [-0.1, -0.05) is 25.0 Å². The van der Waals surface area contributed by atoms with Gasteiger partial charge in [0.05, 0.1) is 0 Å². The third-order valence-electron chi connectivity index (χ3n) is 5.79. The zero-order chi connectivity index (χ0) is 19.9. The number of amides is 3. The summed E-state index contributed by atoms with van der Waals surface area (Å²) in [6.07, 6.45) is 6.17. The van der Waals surface area contributed by atoms with Crippen molar-refractivity contribution in [3.8, 4) is 0 Å². The minimum atomic E-state index is -0.0715. The van der Waals surface area contributed by atoms with Crippen LogP contribution in [0.1, 0.15) is 61.4 Å². The third kappa shape index (κ3) is 5.33. The Morgan fingerprint density at radius 1 is 0.893 bits per heavy atom. The van der Waals surface area contributed by atoms with Crippen LogP contribution in [0.15, 0.2) is 24.3 Å². The first-order valence-electron chi connectivity index (χ1n) is 10.5. The molecule has 2 aliphatic rings. The lowest BCUT2D eigenvalue weighted by Crippen LogP contribution is -2.44. The summed E-state index contributed by atoms with van der Waals surface area (Å²) in [5.41, 5.74) is 1.62. The van der Waals surface area contributed by atoms with Crippen LogP contribution in [0.3, 0.4) is 0 Å². The fraction of sp³-hybridized carbons (Fsp3) is 0.591. The van der Waals surface area contributed by atoms with Crippen LogP contribution in [0.5, 0.6) is 0 Å². The first-order chi connectivity index (χ1) is 13.5. The van der Waals surface area contributed by atoms with E-state index in [4.69, 9.17) is 0 Å². The third-order valence-corrected chi connectivity index (χ3v) is 5.79. The highest BCUT2D eigenvalue weighted by atomic mass is 16.2. The molecule has 2 heterocycles. The molecular formula is C22H31N3O3. The Labute approximate surface area is 167 Å². The van der Waals surface area contributed by atoms with Crippen molar-refractivity contribution in [2.24, 2.45) is 5.92 Å². The van der Waals surface area contributed by atoms with Crippen molar-refractivity contribution < 1.29 is 14.4 Å². The van der Waals surface area contributed by atoms with Crippen LogP contribution in [0.25, 0.3) is 0 Å². The van der Waals surface area contributed by atoms with Crippen molar-refractivity contribution >= 4 is 17.7 Å². The molecule has 28 heavy (non-hydrogen) atoms. The van der Waals surface area contributed by atoms with Crippen molar-refractivity contribution in [1.82, 2.24) is 15.1 Å². The molecular weight excluding hydrogens is 354 g/mol. The summed E-state index contributed by atoms with van der Waals surface area (Å²) in [4.78, 5) is 40.4. The van der Waals surface area contributed by atoms with Crippen LogP contribution >= 0.6 is 0 Å². The maximum atomic E-state index is 12.8. The van der Waals surface area contributed by atoms with Crippen LogP contribution < -0.4 is 5.32 Å². The van der Waals surface area contributed by atoms with Gasteiger partial charge < -0.3 is 15.1 Å². The van der Waals surface area contributed by atoms with Crippen LogP contribution in [0.2, 0.25) is 0 Å². The van der Waals surface area contributed by atoms with Gasteiger partial charge >= 0.3 is 0 Å². The normalized spacial score (nSPS) is 18.5. The predicted octanol–water partition coefficient (Wildman–Crippen LogP) is 2.58. The second-order valence-electron chi connectivity index (χ2n) is 7.91. The van der Waals surface area contributed by atoms with Crippen molar-refractivity contribution in [3.63, 3.8) is 0 Å². The summed E-state index contributed by atoms with van der Waals surface area (Å²) in [5.74, 6) is 0.294. The molecule has 0 spiro atoms. The Hall–Kier alpha value is -2.37. The number of hydrogen-bond acceptors (Lipinski definition) is 3. The molecule has 2 aliphatic heterocycles. The molecule has 6 heteroatoms. The average molecular weight is 386 g/mol. The molecule has 1 N–H and O–H groups in total. The molecule has 3 amide bonds. The molecule has 1 aromatic rings. The Morgan fingerprint density at radius 2 is 1.50 bits per heavy atom. The number of nitrogens with one attached hydrogen (secondary N) is 1. The largest absolute Gasteiger partial charge is 0.352 e. The fourth-order valence-electron chi connectivity index (χ4n) is 4.05. The molecule has 0 saturated carbocycles. The van der Waals surface area contributed by atoms with E-state index in [0.717, 1.165) is 44.3 Å². The molecule has 152 valence electrons. The van der Waals surface area contributed by atoms with E-state index < -0.39 is 0 Å². The number of carbonyl (C=O) groups is 3. The molecule has 2 saturated heterocycles. The standard InChI is InChI=1S/C22H31N3O3/c1-17(26)23-16-18-6-8-19(9-7-18)21(27)25-14-10-20(11-15-25)22(28)24-12-4-2-3-5-13-24/h6-9,20H,2-5,10-16H2,1H3,(H,23,26). The highest BCUT2D eigenvalue weighted by Crippen LogP contribution is 2.23. The molecule has 1 aromatic carbocycles. The van der Waals surface area contributed by atoms with Crippen LogP contribution in [-0.2, 0) is 16.1 Å². The lowest BCUT2D eigenvalue weighted by molar-refractivity contribution is -0.136. The quantitative estimate of drug-likeness (QED) is 0.866. The Morgan fingerprint density at radius 3 is 2.07 bits per heavy atom. The molecule has 0 aliphatic carbocycles. The monoisotopic (exact) mass is 385 g/mol. The topological polar surface area (TPSA) is 69.7 Å². The maximum Gasteiger partial charge on any atom is 0.253 e. The molecule has 0 radical (unpaired) electrons. The smallest absolute Gasteiger partial charge is 0.253 e. The minimum absolute atomic E-state index is 0.0201. The van der Waals surface area contributed by atoms with E-state index in [2.05, 4.69) is 5.32 Å². The minimum Gasteiger partial charge on any atom is -0.352 e. The molecule has 0 bridgehead atoms. The zero-order valence-corrected chi connectivity index (χ0v) is 16.8. The summed E-state index contributed by atoms with van der Waals surface area (Å²) < 4.78 is 0. The lowest BCUT2D eigenvalue weighted by atomic mass is 9.94. The fourth-order valence-corrected chi connectivity index (χ4v) is 4.05. The highest BCUT2D eigenvalue weighted by molar-refractivity contribution is 5.94. The summed E-state index contributed by atoms with van der Waals surface area (Å²) in [6.45, 7) is 5.01. The van der Waals surface area contributed by atoms with Gasteiger partial charge in [0.1, 0.15) is 0 Å². The van der Waals surface area contributed by atoms with Gasteiger partial charge in [-0.3, -0.25) is 14.4 Å². The van der Waals surface area contributed by atoms with E-state index in [1.165, 1.54) is 19.8 Å². The van der Waals surface area contributed by atoms with Crippen LogP contribution in [-0.4, -0.2) is 53.7 Å². The molecule has 2 fully saturated rings. The molecule has 6 nitrogen and oxygen atoms in total. The van der Waals surface area contributed by atoms with E-state index in [-0.39, 0.29) is 23.6 Å². The van der Waals surface area contributed by atoms with Gasteiger partial charge in [0.25, 0.3) is 5.91 Å². The first kappa shape index (κ1) is 20.4. The van der Waals surface area contributed by atoms with Crippen LogP contribution in [0.4, 0.5) is 0 Å². The summed E-state index contributed by atoms with van der Waals surface area (Å²) in [5, 5.41) is 2.75. The zero-order valence-electron chi connectivity index (χ0n) is 16.8. The Bertz CT molecular complexity index is 685. The summed E-state index contributed by atoms with van der Waals surface area (Å²) in [7, 11) is 0. The number of piperidine rings is 1. The van der Waals surface area contributed by atoms with Gasteiger partial charge in [-0.2, -0.15) is 0 Å². The average Bonchev–Trinajstić information content (AvgIpc) is 3.01. The van der Waals surface area contributed by atoms with E-state index >= 15 is 0 Å². The van der Waals surface area contributed by atoms with Gasteiger partial charge in [0.2, 0.25) is 11.8 Å². The number of hydrogen-bond donors (Lipinski definition) is 1. The van der Waals surface area contributed by atoms with Crippen molar-refractivity contribution in [3.05, 3.63) is 35.4 Å². The van der Waals surface area contributed by atoms with Gasteiger partial charge in [-0.15, -0.1) is 0 Å². The maximum absolute atomic E-state index is 12.8. The molecule has 0 atom stereocenters. The predicted molar refractivity (Wildman–Crippen MR) is 108 cm³/mol. The second kappa shape index (κ2) is 9.71. The van der Waals surface area contributed by atoms with Crippen molar-refractivity contribution in [1.29, 1.82) is 0 Å². The van der Waals surface area contributed by atoms with E-state index in [1.807, 2.05) is 34.1 Å². The number of likely N-dealkylation sites (tertiary alicyclic amines) is 2. The lowest BCUT2D eigenvalue weighted by Gasteiger charge is -2.34. The first-order valence-corrected chi connectivity index (χ1v) is 10.5. The SMILES string of the molecule is CC(=O)NCc1ccc(C(=O)N2CCC(C(=O)N3CCCCCC3)CC2)cc1. The van der Waals surface area contributed by atoms with Gasteiger partial charge in [-0.05, 0) is 43.4 Å².